The summed E-state index contributed by atoms with van der Waals surface area (Å²) in [7, 11) is 0. The number of hydrogen-bond donors (Lipinski definition) is 2. The van der Waals surface area contributed by atoms with Crippen molar-refractivity contribution in [2.75, 3.05) is 11.2 Å². The van der Waals surface area contributed by atoms with Gasteiger partial charge in [0.2, 0.25) is 5.91 Å². The summed E-state index contributed by atoms with van der Waals surface area (Å²) in [5.41, 5.74) is 4.24. The van der Waals surface area contributed by atoms with Gasteiger partial charge in [-0.05, 0) is 60.6 Å². The van der Waals surface area contributed by atoms with Gasteiger partial charge in [0.25, 0.3) is 0 Å². The monoisotopic (exact) mass is 444 g/mol. The number of nitrogens with one attached hydrogen (secondary N) is 2. The van der Waals surface area contributed by atoms with Crippen molar-refractivity contribution in [2.45, 2.75) is 44.7 Å². The number of rotatable bonds is 9. The van der Waals surface area contributed by atoms with E-state index < -0.39 is 0 Å². The van der Waals surface area contributed by atoms with Crippen LogP contribution in [0.5, 0.6) is 0 Å². The number of carbonyl (C=O) groups is 1. The van der Waals surface area contributed by atoms with Crippen molar-refractivity contribution in [3.05, 3.63) is 54.4 Å². The van der Waals surface area contributed by atoms with Gasteiger partial charge in [0.15, 0.2) is 0 Å². The fourth-order valence-electron chi connectivity index (χ4n) is 3.30. The van der Waals surface area contributed by atoms with Crippen LogP contribution in [0.3, 0.4) is 0 Å². The lowest BCUT2D eigenvalue weighted by atomic mass is 10.0. The van der Waals surface area contributed by atoms with Crippen LogP contribution in [0.15, 0.2) is 48.8 Å². The Labute approximate surface area is 188 Å². The molecule has 2 aromatic carbocycles. The summed E-state index contributed by atoms with van der Waals surface area (Å²) in [6, 6.07) is 15.1. The van der Waals surface area contributed by atoms with Crippen molar-refractivity contribution in [1.29, 1.82) is 0 Å². The lowest BCUT2D eigenvalue weighted by Gasteiger charge is -2.10. The Balaban J connectivity index is 0.00000256. The van der Waals surface area contributed by atoms with Crippen LogP contribution in [-0.2, 0) is 11.3 Å². The first-order chi connectivity index (χ1) is 14.2. The number of unbranched alkanes of at least 4 members (excludes halogenated alkanes) is 1. The van der Waals surface area contributed by atoms with Crippen LogP contribution >= 0.6 is 24.0 Å². The molecule has 30 heavy (non-hydrogen) atoms. The minimum atomic E-state index is 0. The number of anilines is 1. The molecule has 0 spiro atoms. The molecule has 2 N–H and O–H groups in total. The topological polar surface area (TPSA) is 66.9 Å². The highest BCUT2D eigenvalue weighted by atomic mass is 35.5. The Hall–Kier alpha value is -2.37. The highest BCUT2D eigenvalue weighted by Gasteiger charge is 2.22. The first-order valence-electron chi connectivity index (χ1n) is 10.2. The second-order valence-electron chi connectivity index (χ2n) is 7.50. The number of carbonyl (C=O) groups excluding carboxylic acids is 1. The van der Waals surface area contributed by atoms with Gasteiger partial charge in [0.05, 0.1) is 5.52 Å². The third-order valence-corrected chi connectivity index (χ3v) is 5.36. The van der Waals surface area contributed by atoms with Gasteiger partial charge in [-0.25, -0.2) is 9.97 Å². The normalized spacial score (nSPS) is 13.0. The molecule has 1 aliphatic carbocycles. The number of nitrogens with zero attached hydrogens (tertiary/aromatic N) is 2. The summed E-state index contributed by atoms with van der Waals surface area (Å²) in [6.07, 6.45) is 6.23. The Bertz CT molecular complexity index is 1010. The molecule has 4 rings (SSSR count). The van der Waals surface area contributed by atoms with Crippen LogP contribution in [0, 0.1) is 0 Å². The van der Waals surface area contributed by atoms with Gasteiger partial charge >= 0.3 is 0 Å². The van der Waals surface area contributed by atoms with Crippen LogP contribution in [0.2, 0.25) is 0 Å². The van der Waals surface area contributed by atoms with Crippen molar-refractivity contribution >= 4 is 46.6 Å². The fraction of sp³-hybridized carbons (Fsp3) is 0.348. The zero-order valence-corrected chi connectivity index (χ0v) is 18.3. The molecule has 0 saturated heterocycles. The van der Waals surface area contributed by atoms with Crippen molar-refractivity contribution in [3.8, 4) is 11.1 Å². The summed E-state index contributed by atoms with van der Waals surface area (Å²) in [5, 5.41) is 7.52. The first-order valence-corrected chi connectivity index (χ1v) is 10.7. The van der Waals surface area contributed by atoms with Gasteiger partial charge in [0.1, 0.15) is 12.1 Å². The third kappa shape index (κ3) is 5.83. The highest BCUT2D eigenvalue weighted by molar-refractivity contribution is 6.17. The smallest absolute Gasteiger partial charge is 0.220 e. The van der Waals surface area contributed by atoms with E-state index in [0.29, 0.717) is 24.9 Å². The Morgan fingerprint density at radius 3 is 2.70 bits per heavy atom. The van der Waals surface area contributed by atoms with E-state index in [4.69, 9.17) is 11.6 Å². The second-order valence-corrected chi connectivity index (χ2v) is 7.87. The lowest BCUT2D eigenvalue weighted by molar-refractivity contribution is -0.121. The molecule has 7 heteroatoms. The van der Waals surface area contributed by atoms with Gasteiger partial charge in [-0.15, -0.1) is 24.0 Å². The molecule has 0 unspecified atom stereocenters. The standard InChI is InChI=1S/C23H25ClN4O.ClH/c24-11-2-1-6-22(29)25-14-16-4-3-5-17(12-16)18-7-10-21-20(13-18)23(27-15-26-21)28-19-8-9-19;/h3-5,7,10,12-13,15,19H,1-2,6,8-9,11,14H2,(H,25,29)(H,26,27,28);1H. The Morgan fingerprint density at radius 1 is 1.07 bits per heavy atom. The molecule has 0 aliphatic heterocycles. The molecule has 0 radical (unpaired) electrons. The molecule has 0 atom stereocenters. The van der Waals surface area contributed by atoms with E-state index in [1.165, 1.54) is 12.8 Å². The van der Waals surface area contributed by atoms with Crippen LogP contribution < -0.4 is 10.6 Å². The van der Waals surface area contributed by atoms with Crippen LogP contribution in [0.1, 0.15) is 37.7 Å². The Kier molecular flexibility index (Phi) is 7.88. The fourth-order valence-corrected chi connectivity index (χ4v) is 3.49. The van der Waals surface area contributed by atoms with Crippen molar-refractivity contribution in [2.24, 2.45) is 0 Å². The van der Waals surface area contributed by atoms with Crippen LogP contribution in [0.25, 0.3) is 22.0 Å². The molecule has 1 fully saturated rings. The van der Waals surface area contributed by atoms with Gasteiger partial charge in [-0.1, -0.05) is 24.3 Å². The number of benzene rings is 2. The van der Waals surface area contributed by atoms with E-state index in [1.807, 2.05) is 18.2 Å². The minimum absolute atomic E-state index is 0. The van der Waals surface area contributed by atoms with E-state index in [1.54, 1.807) is 6.33 Å². The molecule has 3 aromatic rings. The van der Waals surface area contributed by atoms with Crippen LogP contribution in [0.4, 0.5) is 5.82 Å². The molecular formula is C23H26Cl2N4O. The number of hydrogen-bond acceptors (Lipinski definition) is 4. The quantitative estimate of drug-likeness (QED) is 0.346. The number of halogens is 2. The lowest BCUT2D eigenvalue weighted by Crippen LogP contribution is -2.22. The molecule has 1 amide bonds. The van der Waals surface area contributed by atoms with E-state index in [-0.39, 0.29) is 18.3 Å². The molecular weight excluding hydrogens is 419 g/mol. The maximum Gasteiger partial charge on any atom is 0.220 e. The highest BCUT2D eigenvalue weighted by Crippen LogP contribution is 2.30. The molecule has 1 aliphatic rings. The summed E-state index contributed by atoms with van der Waals surface area (Å²) in [4.78, 5) is 20.8. The van der Waals surface area contributed by atoms with E-state index >= 15 is 0 Å². The second kappa shape index (κ2) is 10.6. The zero-order valence-electron chi connectivity index (χ0n) is 16.7. The predicted molar refractivity (Wildman–Crippen MR) is 125 cm³/mol. The molecule has 1 aromatic heterocycles. The Morgan fingerprint density at radius 2 is 1.90 bits per heavy atom. The zero-order chi connectivity index (χ0) is 20.1. The average molecular weight is 445 g/mol. The summed E-state index contributed by atoms with van der Waals surface area (Å²) >= 11 is 5.66. The molecule has 0 bridgehead atoms. The van der Waals surface area contributed by atoms with E-state index in [2.05, 4.69) is 44.9 Å². The molecule has 158 valence electrons. The predicted octanol–water partition coefficient (Wildman–Crippen LogP) is 5.32. The first kappa shape index (κ1) is 22.3. The number of alkyl halides is 1. The number of fused-ring (bicyclic) bond motifs is 1. The summed E-state index contributed by atoms with van der Waals surface area (Å²) < 4.78 is 0. The van der Waals surface area contributed by atoms with Gasteiger partial charge in [-0.3, -0.25) is 4.79 Å². The van der Waals surface area contributed by atoms with Crippen molar-refractivity contribution in [3.63, 3.8) is 0 Å². The summed E-state index contributed by atoms with van der Waals surface area (Å²) in [5.74, 6) is 1.57. The van der Waals surface area contributed by atoms with Crippen LogP contribution in [-0.4, -0.2) is 27.8 Å². The van der Waals surface area contributed by atoms with Gasteiger partial charge < -0.3 is 10.6 Å². The molecule has 1 saturated carbocycles. The number of aromatic nitrogens is 2. The van der Waals surface area contributed by atoms with E-state index in [9.17, 15) is 4.79 Å². The third-order valence-electron chi connectivity index (χ3n) is 5.09. The SMILES string of the molecule is Cl.O=C(CCCCCl)NCc1cccc(-c2ccc3ncnc(NC4CC4)c3c2)c1. The number of amides is 1. The molecule has 5 nitrogen and oxygen atoms in total. The van der Waals surface area contributed by atoms with Gasteiger partial charge in [0, 0.05) is 30.3 Å². The van der Waals surface area contributed by atoms with Crippen molar-refractivity contribution < 1.29 is 4.79 Å². The van der Waals surface area contributed by atoms with E-state index in [0.717, 1.165) is 46.3 Å². The van der Waals surface area contributed by atoms with Gasteiger partial charge in [-0.2, -0.15) is 0 Å². The summed E-state index contributed by atoms with van der Waals surface area (Å²) in [6.45, 7) is 0.527. The van der Waals surface area contributed by atoms with Crippen molar-refractivity contribution in [1.82, 2.24) is 15.3 Å². The minimum Gasteiger partial charge on any atom is -0.367 e. The average Bonchev–Trinajstić information content (AvgIpc) is 3.57. The maximum absolute atomic E-state index is 11.9. The molecule has 1 heterocycles. The largest absolute Gasteiger partial charge is 0.367 e. The maximum atomic E-state index is 11.9.